The van der Waals surface area contributed by atoms with Gasteiger partial charge in [0.2, 0.25) is 11.7 Å². The standard InChI is InChI=1S/C19H14ClN5O2/c1-12(26)22-16-10-13(5-6-17(16)25-8-7-21-11-25)18-23-19(27-24-18)14-3-2-4-15(20)9-14/h2-11H,1H3,(H,22,26). The zero-order chi connectivity index (χ0) is 18.8. The number of hydrogen-bond donors (Lipinski definition) is 1. The number of amides is 1. The molecular formula is C19H14ClN5O2. The lowest BCUT2D eigenvalue weighted by Crippen LogP contribution is -2.09. The Labute approximate surface area is 159 Å². The number of benzene rings is 2. The van der Waals surface area contributed by atoms with Crippen LogP contribution in [-0.2, 0) is 4.79 Å². The predicted molar refractivity (Wildman–Crippen MR) is 102 cm³/mol. The van der Waals surface area contributed by atoms with Crippen LogP contribution >= 0.6 is 11.6 Å². The number of rotatable bonds is 4. The first kappa shape index (κ1) is 17.0. The molecule has 8 heteroatoms. The van der Waals surface area contributed by atoms with Gasteiger partial charge in [0.25, 0.3) is 5.89 Å². The normalized spacial score (nSPS) is 10.7. The minimum Gasteiger partial charge on any atom is -0.334 e. The van der Waals surface area contributed by atoms with Crippen LogP contribution in [0, 0.1) is 0 Å². The van der Waals surface area contributed by atoms with Crippen LogP contribution in [0.4, 0.5) is 5.69 Å². The minimum absolute atomic E-state index is 0.179. The number of nitrogens with one attached hydrogen (secondary N) is 1. The number of hydrogen-bond acceptors (Lipinski definition) is 5. The van der Waals surface area contributed by atoms with Gasteiger partial charge in [-0.1, -0.05) is 22.8 Å². The van der Waals surface area contributed by atoms with Gasteiger partial charge in [0.1, 0.15) is 0 Å². The van der Waals surface area contributed by atoms with Gasteiger partial charge in [0.05, 0.1) is 17.7 Å². The molecule has 0 aliphatic heterocycles. The molecule has 27 heavy (non-hydrogen) atoms. The summed E-state index contributed by atoms with van der Waals surface area (Å²) >= 11 is 6.02. The van der Waals surface area contributed by atoms with E-state index in [1.807, 2.05) is 28.8 Å². The second-order valence-electron chi connectivity index (χ2n) is 5.82. The summed E-state index contributed by atoms with van der Waals surface area (Å²) in [5.41, 5.74) is 2.84. The molecule has 0 aliphatic rings. The van der Waals surface area contributed by atoms with E-state index in [9.17, 15) is 4.79 Å². The summed E-state index contributed by atoms with van der Waals surface area (Å²) in [6.07, 6.45) is 5.12. The largest absolute Gasteiger partial charge is 0.334 e. The van der Waals surface area contributed by atoms with Crippen molar-refractivity contribution in [2.45, 2.75) is 6.92 Å². The Kier molecular flexibility index (Phi) is 4.43. The Morgan fingerprint density at radius 2 is 2.07 bits per heavy atom. The monoisotopic (exact) mass is 379 g/mol. The predicted octanol–water partition coefficient (Wildman–Crippen LogP) is 4.20. The van der Waals surface area contributed by atoms with Gasteiger partial charge in [-0.2, -0.15) is 4.98 Å². The molecule has 134 valence electrons. The summed E-state index contributed by atoms with van der Waals surface area (Å²) in [4.78, 5) is 20.1. The van der Waals surface area contributed by atoms with Crippen molar-refractivity contribution in [3.05, 3.63) is 66.2 Å². The smallest absolute Gasteiger partial charge is 0.258 e. The van der Waals surface area contributed by atoms with E-state index < -0.39 is 0 Å². The van der Waals surface area contributed by atoms with Crippen molar-refractivity contribution in [2.24, 2.45) is 0 Å². The highest BCUT2D eigenvalue weighted by Crippen LogP contribution is 2.29. The molecule has 2 heterocycles. The number of aromatic nitrogens is 4. The van der Waals surface area contributed by atoms with E-state index in [-0.39, 0.29) is 5.91 Å². The van der Waals surface area contributed by atoms with Crippen molar-refractivity contribution in [1.82, 2.24) is 19.7 Å². The van der Waals surface area contributed by atoms with Crippen LogP contribution in [0.25, 0.3) is 28.5 Å². The average Bonchev–Trinajstić information content (AvgIpc) is 3.33. The molecule has 7 nitrogen and oxygen atoms in total. The van der Waals surface area contributed by atoms with E-state index in [2.05, 4.69) is 20.4 Å². The Balaban J connectivity index is 1.73. The highest BCUT2D eigenvalue weighted by atomic mass is 35.5. The van der Waals surface area contributed by atoms with Crippen molar-refractivity contribution in [1.29, 1.82) is 0 Å². The lowest BCUT2D eigenvalue weighted by molar-refractivity contribution is -0.114. The highest BCUT2D eigenvalue weighted by Gasteiger charge is 2.14. The van der Waals surface area contributed by atoms with E-state index in [0.29, 0.717) is 28.0 Å². The van der Waals surface area contributed by atoms with Crippen molar-refractivity contribution in [3.8, 4) is 28.5 Å². The van der Waals surface area contributed by atoms with Crippen molar-refractivity contribution in [2.75, 3.05) is 5.32 Å². The molecule has 0 bridgehead atoms. The fraction of sp³-hybridized carbons (Fsp3) is 0.0526. The Bertz CT molecular complexity index is 1110. The molecule has 0 spiro atoms. The average molecular weight is 380 g/mol. The van der Waals surface area contributed by atoms with Crippen molar-refractivity contribution >= 4 is 23.2 Å². The van der Waals surface area contributed by atoms with Crippen molar-refractivity contribution < 1.29 is 9.32 Å². The fourth-order valence-electron chi connectivity index (χ4n) is 2.67. The number of imidazole rings is 1. The van der Waals surface area contributed by atoms with Crippen LogP contribution in [0.5, 0.6) is 0 Å². The van der Waals surface area contributed by atoms with Crippen LogP contribution in [0.3, 0.4) is 0 Å². The van der Waals surface area contributed by atoms with Crippen LogP contribution in [0.1, 0.15) is 6.92 Å². The summed E-state index contributed by atoms with van der Waals surface area (Å²) in [5, 5.41) is 7.46. The van der Waals surface area contributed by atoms with Gasteiger partial charge in [-0.3, -0.25) is 4.79 Å². The molecule has 0 saturated heterocycles. The topological polar surface area (TPSA) is 85.8 Å². The summed E-state index contributed by atoms with van der Waals surface area (Å²) in [5.74, 6) is 0.599. The molecule has 0 fully saturated rings. The second kappa shape index (κ2) is 7.05. The first-order valence-electron chi connectivity index (χ1n) is 8.10. The van der Waals surface area contributed by atoms with Gasteiger partial charge in [-0.05, 0) is 36.4 Å². The summed E-state index contributed by atoms with van der Waals surface area (Å²) in [6.45, 7) is 1.45. The number of anilines is 1. The maximum absolute atomic E-state index is 11.6. The molecule has 2 aromatic heterocycles. The van der Waals surface area contributed by atoms with Gasteiger partial charge >= 0.3 is 0 Å². The van der Waals surface area contributed by atoms with E-state index in [1.165, 1.54) is 6.92 Å². The minimum atomic E-state index is -0.179. The first-order valence-corrected chi connectivity index (χ1v) is 8.48. The summed E-state index contributed by atoms with van der Waals surface area (Å²) in [6, 6.07) is 12.7. The zero-order valence-electron chi connectivity index (χ0n) is 14.3. The van der Waals surface area contributed by atoms with Crippen LogP contribution in [0.2, 0.25) is 5.02 Å². The first-order chi connectivity index (χ1) is 13.1. The fourth-order valence-corrected chi connectivity index (χ4v) is 2.86. The number of halogens is 1. The molecule has 4 aromatic rings. The lowest BCUT2D eigenvalue weighted by Gasteiger charge is -2.11. The molecule has 0 radical (unpaired) electrons. The lowest BCUT2D eigenvalue weighted by atomic mass is 10.1. The van der Waals surface area contributed by atoms with E-state index in [4.69, 9.17) is 16.1 Å². The molecule has 0 aliphatic carbocycles. The Hall–Kier alpha value is -3.45. The van der Waals surface area contributed by atoms with Crippen LogP contribution < -0.4 is 5.32 Å². The SMILES string of the molecule is CC(=O)Nc1cc(-c2noc(-c3cccc(Cl)c3)n2)ccc1-n1ccnc1. The van der Waals surface area contributed by atoms with Gasteiger partial charge in [0.15, 0.2) is 0 Å². The van der Waals surface area contributed by atoms with Gasteiger partial charge in [0, 0.05) is 35.5 Å². The quantitative estimate of drug-likeness (QED) is 0.574. The van der Waals surface area contributed by atoms with Gasteiger partial charge < -0.3 is 14.4 Å². The molecule has 4 rings (SSSR count). The molecule has 0 unspecified atom stereocenters. The van der Waals surface area contributed by atoms with E-state index >= 15 is 0 Å². The van der Waals surface area contributed by atoms with E-state index in [0.717, 1.165) is 11.3 Å². The van der Waals surface area contributed by atoms with E-state index in [1.54, 1.807) is 36.9 Å². The molecule has 1 N–H and O–H groups in total. The number of nitrogens with zero attached hydrogens (tertiary/aromatic N) is 4. The highest BCUT2D eigenvalue weighted by molar-refractivity contribution is 6.30. The number of carbonyl (C=O) groups excluding carboxylic acids is 1. The Morgan fingerprint density at radius 3 is 2.81 bits per heavy atom. The third kappa shape index (κ3) is 3.58. The van der Waals surface area contributed by atoms with Crippen LogP contribution in [0.15, 0.2) is 65.7 Å². The summed E-state index contributed by atoms with van der Waals surface area (Å²) in [7, 11) is 0. The maximum atomic E-state index is 11.6. The third-order valence-electron chi connectivity index (χ3n) is 3.85. The van der Waals surface area contributed by atoms with Crippen LogP contribution in [-0.4, -0.2) is 25.6 Å². The summed E-state index contributed by atoms with van der Waals surface area (Å²) < 4.78 is 7.17. The zero-order valence-corrected chi connectivity index (χ0v) is 15.0. The second-order valence-corrected chi connectivity index (χ2v) is 6.25. The maximum Gasteiger partial charge on any atom is 0.258 e. The molecule has 0 atom stereocenters. The molecule has 1 amide bonds. The molecular weight excluding hydrogens is 366 g/mol. The molecule has 2 aromatic carbocycles. The number of carbonyl (C=O) groups is 1. The molecule has 0 saturated carbocycles. The Morgan fingerprint density at radius 1 is 1.19 bits per heavy atom. The van der Waals surface area contributed by atoms with Gasteiger partial charge in [-0.25, -0.2) is 4.98 Å². The van der Waals surface area contributed by atoms with Gasteiger partial charge in [-0.15, -0.1) is 0 Å². The third-order valence-corrected chi connectivity index (χ3v) is 4.08. The van der Waals surface area contributed by atoms with Crippen molar-refractivity contribution in [3.63, 3.8) is 0 Å².